The second kappa shape index (κ2) is 7.50. The summed E-state index contributed by atoms with van der Waals surface area (Å²) < 4.78 is 10.7. The number of hydrogen-bond donors (Lipinski definition) is 0. The Balaban J connectivity index is 1.76. The summed E-state index contributed by atoms with van der Waals surface area (Å²) in [7, 11) is 0. The van der Waals surface area contributed by atoms with Gasteiger partial charge in [0.05, 0.1) is 13.2 Å². The maximum atomic E-state index is 11.5. The van der Waals surface area contributed by atoms with Gasteiger partial charge in [-0.05, 0) is 38.0 Å². The zero-order valence-corrected chi connectivity index (χ0v) is 12.4. The Bertz CT molecular complexity index is 448. The molecule has 5 heteroatoms. The van der Waals surface area contributed by atoms with Crippen molar-refractivity contribution in [2.24, 2.45) is 0 Å². The van der Waals surface area contributed by atoms with Gasteiger partial charge in [0, 0.05) is 17.6 Å². The lowest BCUT2D eigenvalue weighted by Gasteiger charge is -2.20. The molecule has 1 aliphatic carbocycles. The van der Waals surface area contributed by atoms with Crippen molar-refractivity contribution in [3.8, 4) is 5.75 Å². The van der Waals surface area contributed by atoms with Gasteiger partial charge in [-0.3, -0.25) is 9.69 Å². The molecule has 0 aliphatic heterocycles. The van der Waals surface area contributed by atoms with Gasteiger partial charge in [-0.15, -0.1) is 0 Å². The number of benzene rings is 1. The van der Waals surface area contributed by atoms with Crippen LogP contribution in [0.3, 0.4) is 0 Å². The van der Waals surface area contributed by atoms with E-state index in [0.29, 0.717) is 30.8 Å². The maximum absolute atomic E-state index is 11.5. The molecule has 0 spiro atoms. The summed E-state index contributed by atoms with van der Waals surface area (Å²) in [6.45, 7) is 3.85. The topological polar surface area (TPSA) is 38.8 Å². The SMILES string of the molecule is CCOC(=O)CN(CCOc1cccc(Cl)c1)C1CC1. The molecule has 0 amide bonds. The van der Waals surface area contributed by atoms with Gasteiger partial charge >= 0.3 is 5.97 Å². The van der Waals surface area contributed by atoms with Crippen LogP contribution in [0, 0.1) is 0 Å². The summed E-state index contributed by atoms with van der Waals surface area (Å²) in [5.41, 5.74) is 0. The molecule has 1 aliphatic rings. The van der Waals surface area contributed by atoms with Crippen LogP contribution < -0.4 is 4.74 Å². The van der Waals surface area contributed by atoms with Gasteiger partial charge in [0.15, 0.2) is 0 Å². The van der Waals surface area contributed by atoms with E-state index in [2.05, 4.69) is 4.90 Å². The standard InChI is InChI=1S/C15H20ClNO3/c1-2-19-15(18)11-17(13-6-7-13)8-9-20-14-5-3-4-12(16)10-14/h3-5,10,13H,2,6-9,11H2,1H3. The summed E-state index contributed by atoms with van der Waals surface area (Å²) in [5, 5.41) is 0.660. The summed E-state index contributed by atoms with van der Waals surface area (Å²) >= 11 is 5.90. The molecular weight excluding hydrogens is 278 g/mol. The number of esters is 1. The van der Waals surface area contributed by atoms with Crippen LogP contribution in [0.1, 0.15) is 19.8 Å². The Kier molecular flexibility index (Phi) is 5.68. The molecule has 110 valence electrons. The third-order valence-corrected chi connectivity index (χ3v) is 3.38. The van der Waals surface area contributed by atoms with Gasteiger partial charge < -0.3 is 9.47 Å². The largest absolute Gasteiger partial charge is 0.492 e. The molecule has 1 aromatic rings. The summed E-state index contributed by atoms with van der Waals surface area (Å²) in [5.74, 6) is 0.589. The predicted octanol–water partition coefficient (Wildman–Crippen LogP) is 2.75. The van der Waals surface area contributed by atoms with Crippen LogP contribution in [0.5, 0.6) is 5.75 Å². The van der Waals surface area contributed by atoms with E-state index in [0.717, 1.165) is 25.1 Å². The lowest BCUT2D eigenvalue weighted by Crippen LogP contribution is -2.36. The maximum Gasteiger partial charge on any atom is 0.320 e. The fraction of sp³-hybridized carbons (Fsp3) is 0.533. The van der Waals surface area contributed by atoms with Gasteiger partial charge in [-0.1, -0.05) is 17.7 Å². The third-order valence-electron chi connectivity index (χ3n) is 3.14. The highest BCUT2D eigenvalue weighted by atomic mass is 35.5. The van der Waals surface area contributed by atoms with Crippen molar-refractivity contribution in [2.75, 3.05) is 26.3 Å². The normalized spacial score (nSPS) is 14.3. The molecule has 0 saturated heterocycles. The number of rotatable bonds is 8. The van der Waals surface area contributed by atoms with Gasteiger partial charge in [0.2, 0.25) is 0 Å². The van der Waals surface area contributed by atoms with E-state index in [1.807, 2.05) is 25.1 Å². The Labute approximate surface area is 124 Å². The second-order valence-electron chi connectivity index (χ2n) is 4.81. The fourth-order valence-electron chi connectivity index (χ4n) is 2.04. The average Bonchev–Trinajstić information content (AvgIpc) is 3.22. The van der Waals surface area contributed by atoms with E-state index >= 15 is 0 Å². The van der Waals surface area contributed by atoms with Gasteiger partial charge in [0.25, 0.3) is 0 Å². The summed E-state index contributed by atoms with van der Waals surface area (Å²) in [6.07, 6.45) is 2.30. The Morgan fingerprint density at radius 3 is 2.90 bits per heavy atom. The van der Waals surface area contributed by atoms with Crippen molar-refractivity contribution in [3.05, 3.63) is 29.3 Å². The lowest BCUT2D eigenvalue weighted by atomic mass is 10.3. The minimum Gasteiger partial charge on any atom is -0.492 e. The second-order valence-corrected chi connectivity index (χ2v) is 5.25. The zero-order valence-electron chi connectivity index (χ0n) is 11.7. The van der Waals surface area contributed by atoms with Crippen molar-refractivity contribution < 1.29 is 14.3 Å². The molecule has 1 saturated carbocycles. The number of carbonyl (C=O) groups is 1. The van der Waals surface area contributed by atoms with E-state index in [9.17, 15) is 4.79 Å². The van der Waals surface area contributed by atoms with Crippen LogP contribution in [0.25, 0.3) is 0 Å². The molecule has 4 nitrogen and oxygen atoms in total. The smallest absolute Gasteiger partial charge is 0.320 e. The number of hydrogen-bond acceptors (Lipinski definition) is 4. The lowest BCUT2D eigenvalue weighted by molar-refractivity contribution is -0.144. The molecule has 0 unspecified atom stereocenters. The van der Waals surface area contributed by atoms with Crippen molar-refractivity contribution in [2.45, 2.75) is 25.8 Å². The first kappa shape index (κ1) is 15.1. The van der Waals surface area contributed by atoms with Crippen LogP contribution >= 0.6 is 11.6 Å². The number of carbonyl (C=O) groups excluding carboxylic acids is 1. The molecule has 1 fully saturated rings. The highest BCUT2D eigenvalue weighted by Crippen LogP contribution is 2.26. The van der Waals surface area contributed by atoms with E-state index < -0.39 is 0 Å². The monoisotopic (exact) mass is 297 g/mol. The van der Waals surface area contributed by atoms with E-state index in [-0.39, 0.29) is 5.97 Å². The first-order valence-electron chi connectivity index (χ1n) is 6.97. The molecule has 0 N–H and O–H groups in total. The average molecular weight is 298 g/mol. The van der Waals surface area contributed by atoms with Crippen molar-refractivity contribution in [1.29, 1.82) is 0 Å². The van der Waals surface area contributed by atoms with Gasteiger partial charge in [-0.25, -0.2) is 0 Å². The molecular formula is C15H20ClNO3. The molecule has 0 radical (unpaired) electrons. The van der Waals surface area contributed by atoms with Crippen LogP contribution in [0.15, 0.2) is 24.3 Å². The molecule has 0 aromatic heterocycles. The third kappa shape index (κ3) is 5.02. The Morgan fingerprint density at radius 1 is 1.45 bits per heavy atom. The summed E-state index contributed by atoms with van der Waals surface area (Å²) in [4.78, 5) is 13.7. The molecule has 0 atom stereocenters. The fourth-order valence-corrected chi connectivity index (χ4v) is 2.22. The quantitative estimate of drug-likeness (QED) is 0.692. The minimum atomic E-state index is -0.165. The van der Waals surface area contributed by atoms with Crippen LogP contribution in [-0.4, -0.2) is 43.2 Å². The van der Waals surface area contributed by atoms with Crippen molar-refractivity contribution in [3.63, 3.8) is 0 Å². The number of nitrogens with zero attached hydrogens (tertiary/aromatic N) is 1. The Morgan fingerprint density at radius 2 is 2.25 bits per heavy atom. The molecule has 1 aromatic carbocycles. The zero-order chi connectivity index (χ0) is 14.4. The van der Waals surface area contributed by atoms with Gasteiger partial charge in [0.1, 0.15) is 12.4 Å². The van der Waals surface area contributed by atoms with E-state index in [1.165, 1.54) is 0 Å². The minimum absolute atomic E-state index is 0.165. The first-order valence-corrected chi connectivity index (χ1v) is 7.35. The summed E-state index contributed by atoms with van der Waals surface area (Å²) in [6, 6.07) is 7.83. The van der Waals surface area contributed by atoms with E-state index in [1.54, 1.807) is 6.07 Å². The highest BCUT2D eigenvalue weighted by molar-refractivity contribution is 6.30. The van der Waals surface area contributed by atoms with Crippen molar-refractivity contribution >= 4 is 17.6 Å². The highest BCUT2D eigenvalue weighted by Gasteiger charge is 2.30. The Hall–Kier alpha value is -1.26. The predicted molar refractivity (Wildman–Crippen MR) is 78.2 cm³/mol. The van der Waals surface area contributed by atoms with Crippen LogP contribution in [0.4, 0.5) is 0 Å². The first-order chi connectivity index (χ1) is 9.69. The van der Waals surface area contributed by atoms with Crippen LogP contribution in [0.2, 0.25) is 5.02 Å². The van der Waals surface area contributed by atoms with Crippen LogP contribution in [-0.2, 0) is 9.53 Å². The number of ether oxygens (including phenoxy) is 2. The molecule has 20 heavy (non-hydrogen) atoms. The van der Waals surface area contributed by atoms with Gasteiger partial charge in [-0.2, -0.15) is 0 Å². The molecule has 0 bridgehead atoms. The molecule has 0 heterocycles. The van der Waals surface area contributed by atoms with E-state index in [4.69, 9.17) is 21.1 Å². The van der Waals surface area contributed by atoms with Crippen molar-refractivity contribution in [1.82, 2.24) is 4.90 Å². The number of halogens is 1. The molecule has 2 rings (SSSR count).